The number of rotatable bonds is 0. The first-order valence-electron chi connectivity index (χ1n) is 5.41. The van der Waals surface area contributed by atoms with Gasteiger partial charge in [0, 0.05) is 6.67 Å². The Morgan fingerprint density at radius 1 is 0.500 bits per heavy atom. The van der Waals surface area contributed by atoms with Gasteiger partial charge in [-0.15, -0.1) is 0 Å². The fraction of sp³-hybridized carbons (Fsp3) is 1.00. The first-order valence-corrected chi connectivity index (χ1v) is 5.41. The normalized spacial score (nSPS) is 24.0. The van der Waals surface area contributed by atoms with Crippen molar-refractivity contribution in [1.29, 1.82) is 0 Å². The van der Waals surface area contributed by atoms with Crippen LogP contribution in [0.5, 0.6) is 0 Å². The molecule has 1 heterocycles. The highest BCUT2D eigenvalue weighted by Crippen LogP contribution is 2.06. The van der Waals surface area contributed by atoms with E-state index >= 15 is 0 Å². The van der Waals surface area contributed by atoms with Crippen LogP contribution >= 0.6 is 0 Å². The summed E-state index contributed by atoms with van der Waals surface area (Å²) in [6.07, 6.45) is 9.84. The van der Waals surface area contributed by atoms with Crippen molar-refractivity contribution < 1.29 is 0 Å². The number of hydrogen-bond acceptors (Lipinski definition) is 2. The summed E-state index contributed by atoms with van der Waals surface area (Å²) in [7, 11) is 0. The Kier molecular flexibility index (Phi) is 6.30. The van der Waals surface area contributed by atoms with Crippen molar-refractivity contribution in [2.24, 2.45) is 0 Å². The van der Waals surface area contributed by atoms with Gasteiger partial charge in [0.15, 0.2) is 0 Å². The largest absolute Gasteiger partial charge is 0.304 e. The van der Waals surface area contributed by atoms with Gasteiger partial charge in [0.1, 0.15) is 0 Å². The van der Waals surface area contributed by atoms with E-state index in [1.54, 1.807) is 0 Å². The van der Waals surface area contributed by atoms with Crippen molar-refractivity contribution in [2.75, 3.05) is 19.8 Å². The van der Waals surface area contributed by atoms with Crippen LogP contribution in [0.15, 0.2) is 0 Å². The SMILES string of the molecule is C1CCCCNCNCCCC1. The smallest absolute Gasteiger partial charge is 0.0454 e. The minimum absolute atomic E-state index is 1.00. The molecule has 0 spiro atoms. The molecule has 0 amide bonds. The van der Waals surface area contributed by atoms with Crippen molar-refractivity contribution in [3.05, 3.63) is 0 Å². The molecule has 0 atom stereocenters. The molecule has 0 aromatic carbocycles. The quantitative estimate of drug-likeness (QED) is 0.580. The zero-order chi connectivity index (χ0) is 8.49. The van der Waals surface area contributed by atoms with Gasteiger partial charge >= 0.3 is 0 Å². The molecule has 2 heteroatoms. The van der Waals surface area contributed by atoms with Gasteiger partial charge in [-0.2, -0.15) is 0 Å². The van der Waals surface area contributed by atoms with Crippen LogP contribution in [0.2, 0.25) is 0 Å². The van der Waals surface area contributed by atoms with Crippen LogP contribution < -0.4 is 10.6 Å². The van der Waals surface area contributed by atoms with Gasteiger partial charge in [0.2, 0.25) is 0 Å². The predicted molar refractivity (Wildman–Crippen MR) is 53.2 cm³/mol. The molecular formula is C10H22N2. The van der Waals surface area contributed by atoms with Crippen molar-refractivity contribution in [1.82, 2.24) is 10.6 Å². The molecule has 72 valence electrons. The van der Waals surface area contributed by atoms with Gasteiger partial charge in [0.05, 0.1) is 0 Å². The van der Waals surface area contributed by atoms with E-state index in [-0.39, 0.29) is 0 Å². The third-order valence-electron chi connectivity index (χ3n) is 2.46. The topological polar surface area (TPSA) is 24.1 Å². The van der Waals surface area contributed by atoms with Crippen LogP contribution in [-0.2, 0) is 0 Å². The highest BCUT2D eigenvalue weighted by molar-refractivity contribution is 4.53. The lowest BCUT2D eigenvalue weighted by molar-refractivity contribution is 0.499. The predicted octanol–water partition coefficient (Wildman–Crippen LogP) is 1.87. The molecule has 0 aromatic heterocycles. The van der Waals surface area contributed by atoms with Crippen LogP contribution in [0, 0.1) is 0 Å². The molecule has 1 fully saturated rings. The van der Waals surface area contributed by atoms with Gasteiger partial charge in [-0.25, -0.2) is 0 Å². The second-order valence-corrected chi connectivity index (χ2v) is 3.65. The summed E-state index contributed by atoms with van der Waals surface area (Å²) in [6.45, 7) is 3.38. The summed E-state index contributed by atoms with van der Waals surface area (Å²) in [4.78, 5) is 0. The second kappa shape index (κ2) is 7.56. The monoisotopic (exact) mass is 170 g/mol. The average Bonchev–Trinajstić information content (AvgIpc) is 2.05. The minimum Gasteiger partial charge on any atom is -0.304 e. The highest BCUT2D eigenvalue weighted by atomic mass is 15.0. The van der Waals surface area contributed by atoms with Crippen LogP contribution in [0.3, 0.4) is 0 Å². The number of hydrogen-bond donors (Lipinski definition) is 2. The molecule has 0 aliphatic carbocycles. The fourth-order valence-electron chi connectivity index (χ4n) is 1.65. The Labute approximate surface area is 76.1 Å². The Morgan fingerprint density at radius 2 is 0.917 bits per heavy atom. The third kappa shape index (κ3) is 5.56. The summed E-state index contributed by atoms with van der Waals surface area (Å²) in [5.41, 5.74) is 0. The lowest BCUT2D eigenvalue weighted by Crippen LogP contribution is -2.30. The zero-order valence-corrected chi connectivity index (χ0v) is 8.07. The molecule has 0 radical (unpaired) electrons. The van der Waals surface area contributed by atoms with Gasteiger partial charge < -0.3 is 10.6 Å². The lowest BCUT2D eigenvalue weighted by Gasteiger charge is -2.08. The minimum atomic E-state index is 1.00. The van der Waals surface area contributed by atoms with Crippen LogP contribution in [-0.4, -0.2) is 19.8 Å². The molecule has 0 bridgehead atoms. The van der Waals surface area contributed by atoms with E-state index in [9.17, 15) is 0 Å². The first kappa shape index (κ1) is 10.0. The van der Waals surface area contributed by atoms with E-state index in [0.29, 0.717) is 0 Å². The molecule has 1 saturated heterocycles. The summed E-state index contributed by atoms with van der Waals surface area (Å²) >= 11 is 0. The van der Waals surface area contributed by atoms with E-state index in [0.717, 1.165) is 6.67 Å². The van der Waals surface area contributed by atoms with Gasteiger partial charge in [-0.1, -0.05) is 32.1 Å². The lowest BCUT2D eigenvalue weighted by atomic mass is 10.1. The molecule has 1 aliphatic rings. The molecule has 0 unspecified atom stereocenters. The maximum atomic E-state index is 3.39. The van der Waals surface area contributed by atoms with E-state index < -0.39 is 0 Å². The Morgan fingerprint density at radius 3 is 1.42 bits per heavy atom. The third-order valence-corrected chi connectivity index (χ3v) is 2.46. The molecule has 1 aliphatic heterocycles. The maximum absolute atomic E-state index is 3.39. The summed E-state index contributed by atoms with van der Waals surface area (Å²) in [5, 5.41) is 6.78. The highest BCUT2D eigenvalue weighted by Gasteiger charge is 1.94. The van der Waals surface area contributed by atoms with Gasteiger partial charge in [-0.3, -0.25) is 0 Å². The van der Waals surface area contributed by atoms with Crippen LogP contribution in [0.1, 0.15) is 44.9 Å². The standard InChI is InChI=1S/C10H22N2/c1-2-4-6-8-11-10-12-9-7-5-3-1/h11-12H,1-10H2. The molecule has 0 aromatic rings. The Balaban J connectivity index is 2.00. The second-order valence-electron chi connectivity index (χ2n) is 3.65. The molecule has 0 saturated carbocycles. The average molecular weight is 170 g/mol. The van der Waals surface area contributed by atoms with Crippen molar-refractivity contribution in [2.45, 2.75) is 44.9 Å². The van der Waals surface area contributed by atoms with Crippen LogP contribution in [0.4, 0.5) is 0 Å². The Hall–Kier alpha value is -0.0800. The molecule has 12 heavy (non-hydrogen) atoms. The van der Waals surface area contributed by atoms with Gasteiger partial charge in [-0.05, 0) is 25.9 Å². The number of nitrogens with one attached hydrogen (secondary N) is 2. The summed E-state index contributed by atoms with van der Waals surface area (Å²) in [5.74, 6) is 0. The van der Waals surface area contributed by atoms with E-state index in [4.69, 9.17) is 0 Å². The fourth-order valence-corrected chi connectivity index (χ4v) is 1.65. The van der Waals surface area contributed by atoms with E-state index in [1.165, 1.54) is 58.0 Å². The van der Waals surface area contributed by atoms with Crippen molar-refractivity contribution >= 4 is 0 Å². The maximum Gasteiger partial charge on any atom is 0.0454 e. The zero-order valence-electron chi connectivity index (χ0n) is 8.07. The summed E-state index contributed by atoms with van der Waals surface area (Å²) < 4.78 is 0. The Bertz CT molecular complexity index is 50.8. The van der Waals surface area contributed by atoms with Crippen LogP contribution in [0.25, 0.3) is 0 Å². The van der Waals surface area contributed by atoms with E-state index in [2.05, 4.69) is 10.6 Å². The van der Waals surface area contributed by atoms with Gasteiger partial charge in [0.25, 0.3) is 0 Å². The van der Waals surface area contributed by atoms with Crippen molar-refractivity contribution in [3.8, 4) is 0 Å². The van der Waals surface area contributed by atoms with Crippen molar-refractivity contribution in [3.63, 3.8) is 0 Å². The molecule has 2 N–H and O–H groups in total. The first-order chi connectivity index (χ1) is 6.00. The molecular weight excluding hydrogens is 148 g/mol. The molecule has 2 nitrogen and oxygen atoms in total. The molecule has 1 rings (SSSR count). The summed E-state index contributed by atoms with van der Waals surface area (Å²) in [6, 6.07) is 0. The van der Waals surface area contributed by atoms with E-state index in [1.807, 2.05) is 0 Å².